The smallest absolute Gasteiger partial charge is 0.254 e. The van der Waals surface area contributed by atoms with Gasteiger partial charge in [0.15, 0.2) is 0 Å². The van der Waals surface area contributed by atoms with Crippen LogP contribution in [0.15, 0.2) is 42.9 Å². The van der Waals surface area contributed by atoms with E-state index in [2.05, 4.69) is 30.6 Å². The van der Waals surface area contributed by atoms with Crippen LogP contribution in [0.4, 0.5) is 23.4 Å². The second-order valence-corrected chi connectivity index (χ2v) is 6.33. The summed E-state index contributed by atoms with van der Waals surface area (Å²) >= 11 is 6.13. The molecule has 0 radical (unpaired) electrons. The van der Waals surface area contributed by atoms with Crippen LogP contribution < -0.4 is 10.6 Å². The number of halogens is 1. The third-order valence-corrected chi connectivity index (χ3v) is 4.15. The van der Waals surface area contributed by atoms with Crippen molar-refractivity contribution in [2.75, 3.05) is 24.7 Å². The van der Waals surface area contributed by atoms with Crippen LogP contribution in [-0.4, -0.2) is 44.8 Å². The molecule has 138 valence electrons. The number of benzene rings is 1. The Balaban J connectivity index is 1.74. The van der Waals surface area contributed by atoms with Gasteiger partial charge in [-0.3, -0.25) is 4.79 Å². The zero-order chi connectivity index (χ0) is 19.4. The van der Waals surface area contributed by atoms with Crippen LogP contribution in [-0.2, 0) is 0 Å². The maximum atomic E-state index is 11.9. The molecule has 9 heteroatoms. The van der Waals surface area contributed by atoms with Crippen LogP contribution in [0.25, 0.3) is 0 Å². The van der Waals surface area contributed by atoms with Gasteiger partial charge in [-0.2, -0.15) is 4.98 Å². The summed E-state index contributed by atoms with van der Waals surface area (Å²) in [6.45, 7) is 1.91. The molecular formula is C18H18ClN7O. The average molecular weight is 384 g/mol. The number of nitrogens with zero attached hydrogens (tertiary/aromatic N) is 5. The van der Waals surface area contributed by atoms with Crippen molar-refractivity contribution in [1.82, 2.24) is 24.8 Å². The van der Waals surface area contributed by atoms with Crippen molar-refractivity contribution in [3.8, 4) is 0 Å². The highest BCUT2D eigenvalue weighted by Crippen LogP contribution is 2.25. The molecule has 0 aliphatic carbocycles. The van der Waals surface area contributed by atoms with Gasteiger partial charge in [0, 0.05) is 31.0 Å². The number of aromatic nitrogens is 4. The molecule has 27 heavy (non-hydrogen) atoms. The highest BCUT2D eigenvalue weighted by molar-refractivity contribution is 6.31. The first-order valence-corrected chi connectivity index (χ1v) is 8.48. The summed E-state index contributed by atoms with van der Waals surface area (Å²) in [6.07, 6.45) is 2.89. The second-order valence-electron chi connectivity index (χ2n) is 5.93. The van der Waals surface area contributed by atoms with Gasteiger partial charge in [0.05, 0.1) is 5.56 Å². The molecule has 1 aromatic carbocycles. The van der Waals surface area contributed by atoms with Crippen LogP contribution >= 0.6 is 11.6 Å². The minimum absolute atomic E-state index is 0.113. The fourth-order valence-electron chi connectivity index (χ4n) is 2.25. The third-order valence-electron chi connectivity index (χ3n) is 3.74. The van der Waals surface area contributed by atoms with Crippen molar-refractivity contribution in [2.45, 2.75) is 6.92 Å². The lowest BCUT2D eigenvalue weighted by atomic mass is 10.2. The van der Waals surface area contributed by atoms with E-state index in [1.807, 2.05) is 25.1 Å². The van der Waals surface area contributed by atoms with Gasteiger partial charge in [0.1, 0.15) is 12.1 Å². The maximum absolute atomic E-state index is 11.9. The molecule has 2 N–H and O–H groups in total. The molecule has 1 amide bonds. The zero-order valence-electron chi connectivity index (χ0n) is 15.1. The van der Waals surface area contributed by atoms with E-state index in [9.17, 15) is 4.79 Å². The number of carbonyl (C=O) groups is 1. The third kappa shape index (κ3) is 4.48. The van der Waals surface area contributed by atoms with Crippen LogP contribution in [0.2, 0.25) is 5.02 Å². The Bertz CT molecular complexity index is 960. The van der Waals surface area contributed by atoms with Gasteiger partial charge in [-0.05, 0) is 36.8 Å². The van der Waals surface area contributed by atoms with Crippen LogP contribution in [0.5, 0.6) is 0 Å². The standard InChI is InChI=1S/C18H18ClN7O/c1-11-13(19)5-4-6-14(11)23-17-21-10-22-18(25-17)24-15-8-7-12(9-20-15)16(27)26(2)3/h4-10H,1-3H3,(H2,20,21,22,23,24,25). The van der Waals surface area contributed by atoms with Crippen LogP contribution in [0.1, 0.15) is 15.9 Å². The molecule has 0 unspecified atom stereocenters. The Labute approximate surface area is 161 Å². The van der Waals surface area contributed by atoms with Crippen LogP contribution in [0, 0.1) is 6.92 Å². The molecule has 2 heterocycles. The molecule has 2 aromatic heterocycles. The number of carbonyl (C=O) groups excluding carboxylic acids is 1. The lowest BCUT2D eigenvalue weighted by Gasteiger charge is -2.11. The summed E-state index contributed by atoms with van der Waals surface area (Å²) in [5.41, 5.74) is 2.21. The van der Waals surface area contributed by atoms with E-state index in [0.29, 0.717) is 28.3 Å². The van der Waals surface area contributed by atoms with E-state index < -0.39 is 0 Å². The van der Waals surface area contributed by atoms with Gasteiger partial charge >= 0.3 is 0 Å². The van der Waals surface area contributed by atoms with Crippen molar-refractivity contribution >= 4 is 40.9 Å². The second kappa shape index (κ2) is 7.96. The summed E-state index contributed by atoms with van der Waals surface area (Å²) in [7, 11) is 3.38. The average Bonchev–Trinajstić information content (AvgIpc) is 2.66. The van der Waals surface area contributed by atoms with E-state index in [4.69, 9.17) is 11.6 Å². The highest BCUT2D eigenvalue weighted by Gasteiger charge is 2.09. The SMILES string of the molecule is Cc1c(Cl)cccc1Nc1ncnc(Nc2ccc(C(=O)N(C)C)cn2)n1. The summed E-state index contributed by atoms with van der Waals surface area (Å²) in [5.74, 6) is 1.10. The predicted octanol–water partition coefficient (Wildman–Crippen LogP) is 3.42. The Morgan fingerprint density at radius 1 is 1.04 bits per heavy atom. The summed E-state index contributed by atoms with van der Waals surface area (Å²) in [6, 6.07) is 8.93. The first-order valence-electron chi connectivity index (χ1n) is 8.10. The Morgan fingerprint density at radius 2 is 1.78 bits per heavy atom. The maximum Gasteiger partial charge on any atom is 0.254 e. The number of pyridine rings is 1. The predicted molar refractivity (Wildman–Crippen MR) is 105 cm³/mol. The lowest BCUT2D eigenvalue weighted by Crippen LogP contribution is -2.21. The number of hydrogen-bond acceptors (Lipinski definition) is 7. The number of amides is 1. The van der Waals surface area contributed by atoms with E-state index in [0.717, 1.165) is 11.3 Å². The molecule has 0 spiro atoms. The Morgan fingerprint density at radius 3 is 2.44 bits per heavy atom. The van der Waals surface area contributed by atoms with E-state index in [-0.39, 0.29) is 5.91 Å². The first kappa shape index (κ1) is 18.5. The van der Waals surface area contributed by atoms with E-state index in [1.54, 1.807) is 26.2 Å². The number of hydrogen-bond donors (Lipinski definition) is 2. The molecule has 0 saturated carbocycles. The van der Waals surface area contributed by atoms with Crippen molar-refractivity contribution in [3.05, 3.63) is 59.0 Å². The normalized spacial score (nSPS) is 10.4. The first-order chi connectivity index (χ1) is 12.9. The topological polar surface area (TPSA) is 95.9 Å². The molecule has 0 fully saturated rings. The van der Waals surface area contributed by atoms with E-state index >= 15 is 0 Å². The number of nitrogens with one attached hydrogen (secondary N) is 2. The number of rotatable bonds is 5. The van der Waals surface area contributed by atoms with Crippen molar-refractivity contribution in [3.63, 3.8) is 0 Å². The van der Waals surface area contributed by atoms with Crippen molar-refractivity contribution in [2.24, 2.45) is 0 Å². The molecule has 0 aliphatic heterocycles. The van der Waals surface area contributed by atoms with E-state index in [1.165, 1.54) is 17.4 Å². The molecule has 3 aromatic rings. The lowest BCUT2D eigenvalue weighted by molar-refractivity contribution is 0.0827. The van der Waals surface area contributed by atoms with Crippen LogP contribution in [0.3, 0.4) is 0 Å². The van der Waals surface area contributed by atoms with Gasteiger partial charge in [-0.25, -0.2) is 15.0 Å². The molecule has 8 nitrogen and oxygen atoms in total. The molecular weight excluding hydrogens is 366 g/mol. The minimum Gasteiger partial charge on any atom is -0.345 e. The highest BCUT2D eigenvalue weighted by atomic mass is 35.5. The summed E-state index contributed by atoms with van der Waals surface area (Å²) in [4.78, 5) is 30.1. The fourth-order valence-corrected chi connectivity index (χ4v) is 2.42. The van der Waals surface area contributed by atoms with Crippen molar-refractivity contribution < 1.29 is 4.79 Å². The monoisotopic (exact) mass is 383 g/mol. The zero-order valence-corrected chi connectivity index (χ0v) is 15.8. The molecule has 0 bridgehead atoms. The summed E-state index contributed by atoms with van der Waals surface area (Å²) < 4.78 is 0. The van der Waals surface area contributed by atoms with Gasteiger partial charge in [-0.1, -0.05) is 17.7 Å². The Kier molecular flexibility index (Phi) is 5.46. The molecule has 0 saturated heterocycles. The molecule has 0 aliphatic rings. The van der Waals surface area contributed by atoms with Gasteiger partial charge in [0.25, 0.3) is 5.91 Å². The Hall–Kier alpha value is -3.26. The van der Waals surface area contributed by atoms with Gasteiger partial charge in [-0.15, -0.1) is 0 Å². The number of anilines is 4. The quantitative estimate of drug-likeness (QED) is 0.696. The minimum atomic E-state index is -0.113. The van der Waals surface area contributed by atoms with Gasteiger partial charge in [0.2, 0.25) is 11.9 Å². The fraction of sp³-hybridized carbons (Fsp3) is 0.167. The molecule has 3 rings (SSSR count). The summed E-state index contributed by atoms with van der Waals surface area (Å²) in [5, 5.41) is 6.76. The largest absolute Gasteiger partial charge is 0.345 e. The molecule has 0 atom stereocenters. The van der Waals surface area contributed by atoms with Crippen molar-refractivity contribution in [1.29, 1.82) is 0 Å². The van der Waals surface area contributed by atoms with Gasteiger partial charge < -0.3 is 15.5 Å².